The fourth-order valence-corrected chi connectivity index (χ4v) is 4.13. The van der Waals surface area contributed by atoms with E-state index in [9.17, 15) is 12.8 Å². The van der Waals surface area contributed by atoms with Crippen molar-refractivity contribution < 1.29 is 12.8 Å². The minimum absolute atomic E-state index is 0.269. The average molecular weight is 292 g/mol. The summed E-state index contributed by atoms with van der Waals surface area (Å²) >= 11 is 5.78. The molecule has 1 aromatic rings. The summed E-state index contributed by atoms with van der Waals surface area (Å²) in [6, 6.07) is 4.35. The van der Waals surface area contributed by atoms with Crippen LogP contribution in [0.3, 0.4) is 0 Å². The van der Waals surface area contributed by atoms with Gasteiger partial charge in [-0.3, -0.25) is 0 Å². The number of benzene rings is 1. The topological polar surface area (TPSA) is 46.2 Å². The van der Waals surface area contributed by atoms with Gasteiger partial charge in [-0.15, -0.1) is 0 Å². The second-order valence-electron chi connectivity index (χ2n) is 4.50. The average Bonchev–Trinajstić information content (AvgIpc) is 2.63. The summed E-state index contributed by atoms with van der Waals surface area (Å²) < 4.78 is 36.6. The Kier molecular flexibility index (Phi) is 4.25. The molecule has 6 heteroatoms. The van der Waals surface area contributed by atoms with Crippen LogP contribution in [0.2, 0.25) is 5.02 Å². The van der Waals surface area contributed by atoms with Crippen LogP contribution in [0.4, 0.5) is 4.39 Å². The van der Waals surface area contributed by atoms with E-state index >= 15 is 0 Å². The zero-order valence-electron chi connectivity index (χ0n) is 9.83. The van der Waals surface area contributed by atoms with E-state index in [4.69, 9.17) is 11.6 Å². The molecule has 0 spiro atoms. The van der Waals surface area contributed by atoms with Gasteiger partial charge in [0.25, 0.3) is 0 Å². The smallest absolute Gasteiger partial charge is 0.154 e. The highest BCUT2D eigenvalue weighted by Crippen LogP contribution is 2.19. The van der Waals surface area contributed by atoms with E-state index in [1.54, 1.807) is 6.07 Å². The van der Waals surface area contributed by atoms with Crippen molar-refractivity contribution in [3.05, 3.63) is 34.6 Å². The van der Waals surface area contributed by atoms with Gasteiger partial charge in [0.15, 0.2) is 9.84 Å². The maximum absolute atomic E-state index is 13.4. The maximum atomic E-state index is 13.4. The molecule has 1 atom stereocenters. The van der Waals surface area contributed by atoms with Gasteiger partial charge in [0.2, 0.25) is 0 Å². The van der Waals surface area contributed by atoms with Crippen molar-refractivity contribution in [1.82, 2.24) is 5.32 Å². The van der Waals surface area contributed by atoms with Gasteiger partial charge in [-0.2, -0.15) is 0 Å². The Balaban J connectivity index is 1.91. The molecule has 1 saturated heterocycles. The molecule has 1 aliphatic rings. The molecule has 1 aromatic carbocycles. The molecule has 1 N–H and O–H groups in total. The standard InChI is InChI=1S/C12H15ClFNO2S/c13-10-3-4-12(14)9(6-10)7-15-8-11-2-1-5-18(11,16)17/h3-4,6,11,15H,1-2,5,7-8H2. The molecule has 18 heavy (non-hydrogen) atoms. The predicted octanol–water partition coefficient (Wildman–Crippen LogP) is 2.15. The van der Waals surface area contributed by atoms with Crippen LogP contribution in [-0.2, 0) is 16.4 Å². The van der Waals surface area contributed by atoms with Gasteiger partial charge >= 0.3 is 0 Å². The van der Waals surface area contributed by atoms with Crippen LogP contribution >= 0.6 is 11.6 Å². The van der Waals surface area contributed by atoms with Crippen molar-refractivity contribution in [3.63, 3.8) is 0 Å². The number of nitrogens with one attached hydrogen (secondary N) is 1. The number of rotatable bonds is 4. The van der Waals surface area contributed by atoms with E-state index in [1.807, 2.05) is 0 Å². The summed E-state index contributed by atoms with van der Waals surface area (Å²) in [5, 5.41) is 3.13. The van der Waals surface area contributed by atoms with Crippen LogP contribution < -0.4 is 5.32 Å². The highest BCUT2D eigenvalue weighted by molar-refractivity contribution is 7.92. The molecule has 1 aliphatic heterocycles. The summed E-state index contributed by atoms with van der Waals surface area (Å²) in [6.45, 7) is 0.659. The van der Waals surface area contributed by atoms with Crippen molar-refractivity contribution in [2.24, 2.45) is 0 Å². The van der Waals surface area contributed by atoms with Crippen molar-refractivity contribution >= 4 is 21.4 Å². The molecule has 0 amide bonds. The van der Waals surface area contributed by atoms with Crippen LogP contribution in [-0.4, -0.2) is 26.0 Å². The van der Waals surface area contributed by atoms with Crippen LogP contribution in [0.25, 0.3) is 0 Å². The van der Waals surface area contributed by atoms with Gasteiger partial charge < -0.3 is 5.32 Å². The highest BCUT2D eigenvalue weighted by Gasteiger charge is 2.30. The predicted molar refractivity (Wildman–Crippen MR) is 69.9 cm³/mol. The molecule has 0 radical (unpaired) electrons. The maximum Gasteiger partial charge on any atom is 0.154 e. The molecule has 1 fully saturated rings. The first-order chi connectivity index (χ1) is 8.49. The van der Waals surface area contributed by atoms with Gasteiger partial charge in [-0.1, -0.05) is 11.6 Å². The third kappa shape index (κ3) is 3.22. The normalized spacial score (nSPS) is 22.2. The first-order valence-corrected chi connectivity index (χ1v) is 7.94. The fourth-order valence-electron chi connectivity index (χ4n) is 2.13. The molecule has 0 saturated carbocycles. The van der Waals surface area contributed by atoms with E-state index < -0.39 is 9.84 Å². The van der Waals surface area contributed by atoms with Gasteiger partial charge in [0.05, 0.1) is 11.0 Å². The largest absolute Gasteiger partial charge is 0.311 e. The SMILES string of the molecule is O=S1(=O)CCCC1CNCc1cc(Cl)ccc1F. The first kappa shape index (κ1) is 13.8. The van der Waals surface area contributed by atoms with Crippen molar-refractivity contribution in [2.75, 3.05) is 12.3 Å². The quantitative estimate of drug-likeness (QED) is 0.924. The van der Waals surface area contributed by atoms with E-state index in [0.717, 1.165) is 6.42 Å². The van der Waals surface area contributed by atoms with Gasteiger partial charge in [-0.05, 0) is 31.0 Å². The summed E-state index contributed by atoms with van der Waals surface area (Å²) in [5.74, 6) is -0.0635. The Bertz CT molecular complexity index is 533. The zero-order valence-corrected chi connectivity index (χ0v) is 11.4. The molecular weight excluding hydrogens is 277 g/mol. The molecule has 1 unspecified atom stereocenters. The highest BCUT2D eigenvalue weighted by atomic mass is 35.5. The molecule has 0 bridgehead atoms. The van der Waals surface area contributed by atoms with E-state index in [1.165, 1.54) is 12.1 Å². The lowest BCUT2D eigenvalue weighted by Crippen LogP contribution is -2.30. The summed E-state index contributed by atoms with van der Waals surface area (Å²) in [5.41, 5.74) is 0.456. The van der Waals surface area contributed by atoms with Crippen LogP contribution in [0.15, 0.2) is 18.2 Å². The number of hydrogen-bond acceptors (Lipinski definition) is 3. The Morgan fingerprint density at radius 2 is 2.22 bits per heavy atom. The number of hydrogen-bond donors (Lipinski definition) is 1. The van der Waals surface area contributed by atoms with E-state index in [2.05, 4.69) is 5.32 Å². The zero-order chi connectivity index (χ0) is 13.2. The van der Waals surface area contributed by atoms with E-state index in [-0.39, 0.29) is 16.8 Å². The lowest BCUT2D eigenvalue weighted by Gasteiger charge is -2.11. The third-order valence-electron chi connectivity index (χ3n) is 3.16. The molecule has 3 nitrogen and oxygen atoms in total. The molecule has 0 aliphatic carbocycles. The van der Waals surface area contributed by atoms with Crippen LogP contribution in [0.5, 0.6) is 0 Å². The molecule has 0 aromatic heterocycles. The minimum Gasteiger partial charge on any atom is -0.311 e. The molecule has 100 valence electrons. The third-order valence-corrected chi connectivity index (χ3v) is 5.67. The Morgan fingerprint density at radius 3 is 2.89 bits per heavy atom. The summed E-state index contributed by atoms with van der Waals surface area (Å²) in [4.78, 5) is 0. The second kappa shape index (κ2) is 5.55. The molecule has 1 heterocycles. The molecular formula is C12H15ClFNO2S. The Hall–Kier alpha value is -0.650. The van der Waals surface area contributed by atoms with Crippen molar-refractivity contribution in [1.29, 1.82) is 0 Å². The van der Waals surface area contributed by atoms with Gasteiger partial charge in [0, 0.05) is 23.7 Å². The number of halogens is 2. The lowest BCUT2D eigenvalue weighted by molar-refractivity contribution is 0.562. The molecule has 2 rings (SSSR count). The van der Waals surface area contributed by atoms with Crippen molar-refractivity contribution in [3.8, 4) is 0 Å². The van der Waals surface area contributed by atoms with Gasteiger partial charge in [0.1, 0.15) is 5.82 Å². The van der Waals surface area contributed by atoms with E-state index in [0.29, 0.717) is 30.1 Å². The Morgan fingerprint density at radius 1 is 1.44 bits per heavy atom. The minimum atomic E-state index is -2.94. The summed E-state index contributed by atoms with van der Waals surface area (Å²) in [7, 11) is -2.94. The lowest BCUT2D eigenvalue weighted by atomic mass is 10.2. The monoisotopic (exact) mass is 291 g/mol. The van der Waals surface area contributed by atoms with Gasteiger partial charge in [-0.25, -0.2) is 12.8 Å². The van der Waals surface area contributed by atoms with Crippen LogP contribution in [0, 0.1) is 5.82 Å². The second-order valence-corrected chi connectivity index (χ2v) is 7.33. The number of sulfone groups is 1. The summed E-state index contributed by atoms with van der Waals surface area (Å²) in [6.07, 6.45) is 1.41. The van der Waals surface area contributed by atoms with Crippen molar-refractivity contribution in [2.45, 2.75) is 24.6 Å². The fraction of sp³-hybridized carbons (Fsp3) is 0.500. The van der Waals surface area contributed by atoms with Crippen LogP contribution in [0.1, 0.15) is 18.4 Å². The Labute approximate surface area is 111 Å². The first-order valence-electron chi connectivity index (χ1n) is 5.85.